The predicted octanol–water partition coefficient (Wildman–Crippen LogP) is 6.01. The number of carbonyl (C=O) groups is 1. The van der Waals surface area contributed by atoms with Crippen LogP contribution in [-0.2, 0) is 4.79 Å². The molecule has 0 unspecified atom stereocenters. The Morgan fingerprint density at radius 2 is 1.94 bits per heavy atom. The van der Waals surface area contributed by atoms with Crippen LogP contribution in [0.5, 0.6) is 11.6 Å². The summed E-state index contributed by atoms with van der Waals surface area (Å²) in [6.07, 6.45) is 5.92. The van der Waals surface area contributed by atoms with Crippen molar-refractivity contribution in [1.29, 1.82) is 0 Å². The van der Waals surface area contributed by atoms with E-state index in [1.54, 1.807) is 36.4 Å². The highest BCUT2D eigenvalue weighted by atomic mass is 19.1. The summed E-state index contributed by atoms with van der Waals surface area (Å²) in [4.78, 5) is 20.5. The number of aryl methyl sites for hydroxylation is 1. The number of carbonyl (C=O) groups excluding carboxylic acids is 1. The van der Waals surface area contributed by atoms with Crippen LogP contribution in [-0.4, -0.2) is 15.9 Å². The average Bonchev–Trinajstić information content (AvgIpc) is 2.73. The van der Waals surface area contributed by atoms with E-state index in [-0.39, 0.29) is 17.7 Å². The first-order chi connectivity index (χ1) is 15.0. The van der Waals surface area contributed by atoms with Crippen LogP contribution in [0.15, 0.2) is 67.3 Å². The van der Waals surface area contributed by atoms with Gasteiger partial charge in [-0.15, -0.1) is 0 Å². The largest absolute Gasteiger partial charge is 0.438 e. The SMILES string of the molecule is C=CC(=O)Nc1cccc(Oc2nc(Nc3cccc(F)c3)nc(C)c2/C=C\CC)c1. The highest BCUT2D eigenvalue weighted by Crippen LogP contribution is 2.30. The third-order valence-electron chi connectivity index (χ3n) is 4.20. The molecule has 0 bridgehead atoms. The first-order valence-corrected chi connectivity index (χ1v) is 9.77. The summed E-state index contributed by atoms with van der Waals surface area (Å²) in [6, 6.07) is 13.0. The van der Waals surface area contributed by atoms with Gasteiger partial charge in [-0.25, -0.2) is 9.37 Å². The molecule has 3 aromatic rings. The monoisotopic (exact) mass is 418 g/mol. The quantitative estimate of drug-likeness (QED) is 0.438. The Balaban J connectivity index is 1.95. The Labute approximate surface area is 180 Å². The minimum atomic E-state index is -0.362. The molecule has 0 aliphatic rings. The molecule has 0 atom stereocenters. The van der Waals surface area contributed by atoms with Crippen molar-refractivity contribution in [3.8, 4) is 11.6 Å². The number of rotatable bonds is 8. The number of benzene rings is 2. The molecule has 0 radical (unpaired) electrons. The van der Waals surface area contributed by atoms with Crippen LogP contribution < -0.4 is 15.4 Å². The number of halogens is 1. The topological polar surface area (TPSA) is 76.1 Å². The summed E-state index contributed by atoms with van der Waals surface area (Å²) in [5.41, 5.74) is 2.52. The van der Waals surface area contributed by atoms with Crippen LogP contribution >= 0.6 is 0 Å². The van der Waals surface area contributed by atoms with Gasteiger partial charge in [0.1, 0.15) is 11.6 Å². The molecule has 0 saturated carbocycles. The van der Waals surface area contributed by atoms with Gasteiger partial charge in [0.25, 0.3) is 0 Å². The van der Waals surface area contributed by atoms with E-state index in [2.05, 4.69) is 27.2 Å². The van der Waals surface area contributed by atoms with Crippen molar-refractivity contribution in [3.63, 3.8) is 0 Å². The smallest absolute Gasteiger partial charge is 0.247 e. The summed E-state index contributed by atoms with van der Waals surface area (Å²) >= 11 is 0. The standard InChI is InChI=1S/C24H23FN4O2/c1-4-6-13-21-16(3)26-24(28-18-10-7-9-17(25)14-18)29-23(21)31-20-12-8-11-19(15-20)27-22(30)5-2/h5-15H,2,4H2,1,3H3,(H,27,30)(H,26,28,29)/b13-6-. The zero-order chi connectivity index (χ0) is 22.2. The molecule has 2 aromatic carbocycles. The van der Waals surface area contributed by atoms with Gasteiger partial charge in [0, 0.05) is 17.4 Å². The van der Waals surface area contributed by atoms with Crippen molar-refractivity contribution in [3.05, 3.63) is 84.3 Å². The predicted molar refractivity (Wildman–Crippen MR) is 121 cm³/mol. The van der Waals surface area contributed by atoms with Crippen LogP contribution in [0.2, 0.25) is 0 Å². The minimum Gasteiger partial charge on any atom is -0.438 e. The molecule has 0 aliphatic carbocycles. The lowest BCUT2D eigenvalue weighted by Gasteiger charge is -2.13. The van der Waals surface area contributed by atoms with Gasteiger partial charge in [-0.2, -0.15) is 4.98 Å². The molecule has 158 valence electrons. The molecule has 0 aliphatic heterocycles. The number of ether oxygens (including phenoxy) is 1. The second kappa shape index (κ2) is 10.2. The van der Waals surface area contributed by atoms with Crippen LogP contribution in [0.1, 0.15) is 24.6 Å². The molecule has 0 spiro atoms. The maximum Gasteiger partial charge on any atom is 0.247 e. The highest BCUT2D eigenvalue weighted by Gasteiger charge is 2.13. The van der Waals surface area contributed by atoms with E-state index < -0.39 is 0 Å². The molecule has 31 heavy (non-hydrogen) atoms. The van der Waals surface area contributed by atoms with Crippen molar-refractivity contribution in [2.75, 3.05) is 10.6 Å². The number of amides is 1. The Kier molecular flexibility index (Phi) is 7.11. The molecule has 3 rings (SSSR count). The minimum absolute atomic E-state index is 0.280. The van der Waals surface area contributed by atoms with Crippen molar-refractivity contribution in [1.82, 2.24) is 9.97 Å². The Bertz CT molecular complexity index is 1130. The van der Waals surface area contributed by atoms with E-state index in [1.807, 2.05) is 26.0 Å². The molecule has 1 aromatic heterocycles. The number of hydrogen-bond donors (Lipinski definition) is 2. The fourth-order valence-corrected chi connectivity index (χ4v) is 2.75. The number of hydrogen-bond acceptors (Lipinski definition) is 5. The zero-order valence-electron chi connectivity index (χ0n) is 17.4. The lowest BCUT2D eigenvalue weighted by molar-refractivity contribution is -0.111. The molecule has 1 heterocycles. The van der Waals surface area contributed by atoms with Gasteiger partial charge in [-0.3, -0.25) is 4.79 Å². The maximum atomic E-state index is 13.5. The number of nitrogens with one attached hydrogen (secondary N) is 2. The summed E-state index contributed by atoms with van der Waals surface area (Å²) in [5.74, 6) is 0.427. The molecule has 0 fully saturated rings. The van der Waals surface area contributed by atoms with E-state index >= 15 is 0 Å². The fourth-order valence-electron chi connectivity index (χ4n) is 2.75. The number of allylic oxidation sites excluding steroid dienone is 1. The maximum absolute atomic E-state index is 13.5. The molecule has 2 N–H and O–H groups in total. The molecule has 7 heteroatoms. The molecular formula is C24H23FN4O2. The van der Waals surface area contributed by atoms with Crippen molar-refractivity contribution in [2.24, 2.45) is 0 Å². The third kappa shape index (κ3) is 5.99. The fraction of sp³-hybridized carbons (Fsp3) is 0.125. The first kappa shape index (κ1) is 21.7. The van der Waals surface area contributed by atoms with E-state index in [0.717, 1.165) is 12.0 Å². The lowest BCUT2D eigenvalue weighted by Crippen LogP contribution is -2.07. The lowest BCUT2D eigenvalue weighted by atomic mass is 10.2. The Morgan fingerprint density at radius 1 is 1.16 bits per heavy atom. The van der Waals surface area contributed by atoms with Crippen LogP contribution in [0, 0.1) is 12.7 Å². The van der Waals surface area contributed by atoms with Crippen molar-refractivity contribution >= 4 is 29.3 Å². The van der Waals surface area contributed by atoms with E-state index in [4.69, 9.17) is 4.74 Å². The Hall–Kier alpha value is -4.00. The molecule has 1 amide bonds. The molecular weight excluding hydrogens is 395 g/mol. The summed E-state index contributed by atoms with van der Waals surface area (Å²) in [5, 5.41) is 5.70. The van der Waals surface area contributed by atoms with E-state index in [9.17, 15) is 9.18 Å². The number of anilines is 3. The van der Waals surface area contributed by atoms with Gasteiger partial charge in [-0.05, 0) is 49.8 Å². The summed E-state index contributed by atoms with van der Waals surface area (Å²) in [6.45, 7) is 7.32. The normalized spacial score (nSPS) is 10.7. The number of nitrogens with zero attached hydrogens (tertiary/aromatic N) is 2. The Morgan fingerprint density at radius 3 is 2.68 bits per heavy atom. The van der Waals surface area contributed by atoms with Crippen molar-refractivity contribution < 1.29 is 13.9 Å². The van der Waals surface area contributed by atoms with Gasteiger partial charge in [0.2, 0.25) is 17.7 Å². The van der Waals surface area contributed by atoms with Crippen LogP contribution in [0.3, 0.4) is 0 Å². The average molecular weight is 418 g/mol. The van der Waals surface area contributed by atoms with Crippen molar-refractivity contribution in [2.45, 2.75) is 20.3 Å². The number of aromatic nitrogens is 2. The van der Waals surface area contributed by atoms with E-state index in [1.165, 1.54) is 18.2 Å². The molecule has 6 nitrogen and oxygen atoms in total. The van der Waals surface area contributed by atoms with Gasteiger partial charge in [0.05, 0.1) is 11.3 Å². The zero-order valence-corrected chi connectivity index (χ0v) is 17.4. The van der Waals surface area contributed by atoms with E-state index in [0.29, 0.717) is 28.7 Å². The van der Waals surface area contributed by atoms with Crippen LogP contribution in [0.4, 0.5) is 21.7 Å². The first-order valence-electron chi connectivity index (χ1n) is 9.77. The van der Waals surface area contributed by atoms with Gasteiger partial charge < -0.3 is 15.4 Å². The highest BCUT2D eigenvalue weighted by molar-refractivity contribution is 5.98. The van der Waals surface area contributed by atoms with Gasteiger partial charge in [0.15, 0.2) is 0 Å². The van der Waals surface area contributed by atoms with Gasteiger partial charge in [-0.1, -0.05) is 37.8 Å². The third-order valence-corrected chi connectivity index (χ3v) is 4.20. The van der Waals surface area contributed by atoms with Crippen LogP contribution in [0.25, 0.3) is 6.08 Å². The second-order valence-electron chi connectivity index (χ2n) is 6.62. The summed E-state index contributed by atoms with van der Waals surface area (Å²) < 4.78 is 19.6. The summed E-state index contributed by atoms with van der Waals surface area (Å²) in [7, 11) is 0. The second-order valence-corrected chi connectivity index (χ2v) is 6.62. The van der Waals surface area contributed by atoms with Gasteiger partial charge >= 0.3 is 0 Å². The molecule has 0 saturated heterocycles.